The van der Waals surface area contributed by atoms with Gasteiger partial charge in [0, 0.05) is 11.8 Å². The lowest BCUT2D eigenvalue weighted by molar-refractivity contribution is -0.138. The number of aliphatic carboxylic acids is 1. The summed E-state index contributed by atoms with van der Waals surface area (Å²) in [4.78, 5) is 14.9. The number of nitrogens with zero attached hydrogens (tertiary/aromatic N) is 1. The molecule has 3 N–H and O–H groups in total. The van der Waals surface area contributed by atoms with E-state index in [9.17, 15) is 4.79 Å². The first kappa shape index (κ1) is 11.3. The molecule has 1 aromatic heterocycles. The zero-order valence-corrected chi connectivity index (χ0v) is 9.08. The maximum absolute atomic E-state index is 10.7. The molecule has 86 valence electrons. The Kier molecular flexibility index (Phi) is 3.16. The molecule has 0 saturated heterocycles. The van der Waals surface area contributed by atoms with E-state index in [0.717, 1.165) is 11.3 Å². The van der Waals surface area contributed by atoms with E-state index in [1.165, 1.54) is 6.20 Å². The van der Waals surface area contributed by atoms with Crippen molar-refractivity contribution in [2.24, 2.45) is 5.73 Å². The second-order valence-corrected chi connectivity index (χ2v) is 3.66. The standard InChI is InChI=1S/C13H12N2O2/c14-12(13(16)17)10-6-7-11(15-8-10)9-4-2-1-3-5-9/h1-8,12H,14H2,(H,16,17). The summed E-state index contributed by atoms with van der Waals surface area (Å²) in [7, 11) is 0. The van der Waals surface area contributed by atoms with Crippen molar-refractivity contribution in [2.75, 3.05) is 0 Å². The van der Waals surface area contributed by atoms with Crippen molar-refractivity contribution in [1.82, 2.24) is 4.98 Å². The minimum atomic E-state index is -1.06. The predicted molar refractivity (Wildman–Crippen MR) is 64.2 cm³/mol. The molecule has 4 heteroatoms. The first-order valence-corrected chi connectivity index (χ1v) is 5.18. The zero-order valence-electron chi connectivity index (χ0n) is 9.08. The Morgan fingerprint density at radius 3 is 2.41 bits per heavy atom. The van der Waals surface area contributed by atoms with Crippen LogP contribution in [0.2, 0.25) is 0 Å². The largest absolute Gasteiger partial charge is 0.480 e. The van der Waals surface area contributed by atoms with E-state index >= 15 is 0 Å². The van der Waals surface area contributed by atoms with Gasteiger partial charge in [-0.15, -0.1) is 0 Å². The van der Waals surface area contributed by atoms with Crippen LogP contribution >= 0.6 is 0 Å². The number of pyridine rings is 1. The van der Waals surface area contributed by atoms with Gasteiger partial charge in [-0.05, 0) is 11.6 Å². The SMILES string of the molecule is NC(C(=O)O)c1ccc(-c2ccccc2)nc1. The molecule has 17 heavy (non-hydrogen) atoms. The Hall–Kier alpha value is -2.20. The highest BCUT2D eigenvalue weighted by molar-refractivity contribution is 5.75. The second-order valence-electron chi connectivity index (χ2n) is 3.66. The number of benzene rings is 1. The van der Waals surface area contributed by atoms with Gasteiger partial charge < -0.3 is 10.8 Å². The van der Waals surface area contributed by atoms with Crippen molar-refractivity contribution >= 4 is 5.97 Å². The molecule has 0 aliphatic rings. The first-order valence-electron chi connectivity index (χ1n) is 5.18. The Morgan fingerprint density at radius 1 is 1.18 bits per heavy atom. The van der Waals surface area contributed by atoms with Crippen LogP contribution in [0.25, 0.3) is 11.3 Å². The third kappa shape index (κ3) is 2.49. The molecule has 2 rings (SSSR count). The van der Waals surface area contributed by atoms with Crippen molar-refractivity contribution in [3.63, 3.8) is 0 Å². The molecule has 2 aromatic rings. The van der Waals surface area contributed by atoms with Gasteiger partial charge in [0.25, 0.3) is 0 Å². The van der Waals surface area contributed by atoms with E-state index in [1.54, 1.807) is 12.1 Å². The average Bonchev–Trinajstić information content (AvgIpc) is 2.39. The number of carboxylic acid groups (broad SMARTS) is 1. The minimum absolute atomic E-state index is 0.497. The summed E-state index contributed by atoms with van der Waals surface area (Å²) in [6.45, 7) is 0. The van der Waals surface area contributed by atoms with Crippen LogP contribution in [-0.2, 0) is 4.79 Å². The van der Waals surface area contributed by atoms with Gasteiger partial charge in [-0.1, -0.05) is 36.4 Å². The van der Waals surface area contributed by atoms with Gasteiger partial charge >= 0.3 is 5.97 Å². The van der Waals surface area contributed by atoms with Crippen LogP contribution in [0.3, 0.4) is 0 Å². The second kappa shape index (κ2) is 4.76. The van der Waals surface area contributed by atoms with E-state index in [2.05, 4.69) is 4.98 Å². The summed E-state index contributed by atoms with van der Waals surface area (Å²) in [5, 5.41) is 8.77. The zero-order chi connectivity index (χ0) is 12.3. The van der Waals surface area contributed by atoms with Gasteiger partial charge in [-0.2, -0.15) is 0 Å². The lowest BCUT2D eigenvalue weighted by atomic mass is 10.1. The fraction of sp³-hybridized carbons (Fsp3) is 0.0769. The van der Waals surface area contributed by atoms with Gasteiger partial charge in [0.05, 0.1) is 5.69 Å². The number of aromatic nitrogens is 1. The fourth-order valence-corrected chi connectivity index (χ4v) is 1.51. The average molecular weight is 228 g/mol. The molecule has 0 fully saturated rings. The third-order valence-electron chi connectivity index (χ3n) is 2.48. The van der Waals surface area contributed by atoms with Crippen LogP contribution in [0.4, 0.5) is 0 Å². The summed E-state index contributed by atoms with van der Waals surface area (Å²) in [6, 6.07) is 12.1. The van der Waals surface area contributed by atoms with Crippen LogP contribution in [-0.4, -0.2) is 16.1 Å². The van der Waals surface area contributed by atoms with E-state index in [0.29, 0.717) is 5.56 Å². The highest BCUT2D eigenvalue weighted by atomic mass is 16.4. The normalized spacial score (nSPS) is 12.1. The van der Waals surface area contributed by atoms with Gasteiger partial charge in [0.2, 0.25) is 0 Å². The molecule has 1 heterocycles. The van der Waals surface area contributed by atoms with Gasteiger partial charge in [-0.3, -0.25) is 9.78 Å². The van der Waals surface area contributed by atoms with Crippen molar-refractivity contribution in [1.29, 1.82) is 0 Å². The molecule has 4 nitrogen and oxygen atoms in total. The monoisotopic (exact) mass is 228 g/mol. The number of nitrogens with two attached hydrogens (primary N) is 1. The predicted octanol–water partition coefficient (Wildman–Crippen LogP) is 1.83. The topological polar surface area (TPSA) is 76.2 Å². The molecular weight excluding hydrogens is 216 g/mol. The summed E-state index contributed by atoms with van der Waals surface area (Å²) in [5.74, 6) is -1.06. The van der Waals surface area contributed by atoms with E-state index in [1.807, 2.05) is 30.3 Å². The molecule has 0 saturated carbocycles. The van der Waals surface area contributed by atoms with Crippen molar-refractivity contribution in [2.45, 2.75) is 6.04 Å². The molecule has 1 unspecified atom stereocenters. The smallest absolute Gasteiger partial charge is 0.325 e. The molecule has 0 spiro atoms. The van der Waals surface area contributed by atoms with Gasteiger partial charge in [0.1, 0.15) is 6.04 Å². The molecule has 0 amide bonds. The lowest BCUT2D eigenvalue weighted by Gasteiger charge is -2.07. The molecule has 0 bridgehead atoms. The van der Waals surface area contributed by atoms with Crippen LogP contribution < -0.4 is 5.73 Å². The molecular formula is C13H12N2O2. The van der Waals surface area contributed by atoms with E-state index in [-0.39, 0.29) is 0 Å². The van der Waals surface area contributed by atoms with Crippen LogP contribution in [0.5, 0.6) is 0 Å². The molecule has 0 aliphatic heterocycles. The minimum Gasteiger partial charge on any atom is -0.480 e. The fourth-order valence-electron chi connectivity index (χ4n) is 1.51. The van der Waals surface area contributed by atoms with Crippen LogP contribution in [0.15, 0.2) is 48.7 Å². The van der Waals surface area contributed by atoms with Crippen molar-refractivity contribution in [3.8, 4) is 11.3 Å². The number of hydrogen-bond acceptors (Lipinski definition) is 3. The summed E-state index contributed by atoms with van der Waals surface area (Å²) < 4.78 is 0. The highest BCUT2D eigenvalue weighted by Gasteiger charge is 2.14. The Bertz CT molecular complexity index is 509. The van der Waals surface area contributed by atoms with Crippen LogP contribution in [0, 0.1) is 0 Å². The van der Waals surface area contributed by atoms with Gasteiger partial charge in [-0.25, -0.2) is 0 Å². The Morgan fingerprint density at radius 2 is 1.88 bits per heavy atom. The summed E-state index contributed by atoms with van der Waals surface area (Å²) in [6.07, 6.45) is 1.50. The number of carboxylic acids is 1. The molecule has 1 aromatic carbocycles. The lowest BCUT2D eigenvalue weighted by Crippen LogP contribution is -2.20. The Labute approximate surface area is 98.7 Å². The third-order valence-corrected chi connectivity index (χ3v) is 2.48. The summed E-state index contributed by atoms with van der Waals surface area (Å²) >= 11 is 0. The maximum Gasteiger partial charge on any atom is 0.325 e. The van der Waals surface area contributed by atoms with Gasteiger partial charge in [0.15, 0.2) is 0 Å². The summed E-state index contributed by atoms with van der Waals surface area (Å²) in [5.41, 5.74) is 7.77. The molecule has 1 atom stereocenters. The molecule has 0 aliphatic carbocycles. The van der Waals surface area contributed by atoms with Crippen molar-refractivity contribution < 1.29 is 9.90 Å². The number of hydrogen-bond donors (Lipinski definition) is 2. The maximum atomic E-state index is 10.7. The van der Waals surface area contributed by atoms with E-state index in [4.69, 9.17) is 10.8 Å². The molecule has 0 radical (unpaired) electrons. The van der Waals surface area contributed by atoms with E-state index < -0.39 is 12.0 Å². The Balaban J connectivity index is 2.28. The number of carbonyl (C=O) groups is 1. The van der Waals surface area contributed by atoms with Crippen molar-refractivity contribution in [3.05, 3.63) is 54.2 Å². The highest BCUT2D eigenvalue weighted by Crippen LogP contribution is 2.18. The van der Waals surface area contributed by atoms with Crippen LogP contribution in [0.1, 0.15) is 11.6 Å². The first-order chi connectivity index (χ1) is 8.18. The quantitative estimate of drug-likeness (QED) is 0.840. The number of rotatable bonds is 3.